The maximum absolute atomic E-state index is 12.1. The molecule has 0 atom stereocenters. The molecule has 20 heavy (non-hydrogen) atoms. The topological polar surface area (TPSA) is 61.7 Å². The quantitative estimate of drug-likeness (QED) is 0.856. The third-order valence-electron chi connectivity index (χ3n) is 3.13. The molecule has 5 nitrogen and oxygen atoms in total. The van der Waals surface area contributed by atoms with Crippen LogP contribution in [-0.4, -0.2) is 10.6 Å². The van der Waals surface area contributed by atoms with E-state index in [1.54, 1.807) is 21.8 Å². The smallest absolute Gasteiger partial charge is 0.292 e. The van der Waals surface area contributed by atoms with Gasteiger partial charge in [-0.2, -0.15) is 5.26 Å². The second kappa shape index (κ2) is 6.02. The summed E-state index contributed by atoms with van der Waals surface area (Å²) >= 11 is 0. The van der Waals surface area contributed by atoms with Gasteiger partial charge in [-0.3, -0.25) is 4.79 Å². The molecule has 1 aromatic carbocycles. The second-order valence-electron chi connectivity index (χ2n) is 4.66. The van der Waals surface area contributed by atoms with E-state index in [-0.39, 0.29) is 19.0 Å². The highest BCUT2D eigenvalue weighted by atomic mass is 16.2. The lowest BCUT2D eigenvalue weighted by Gasteiger charge is -2.10. The molecule has 5 heteroatoms. The summed E-state index contributed by atoms with van der Waals surface area (Å²) < 4.78 is 3.41. The second-order valence-corrected chi connectivity index (χ2v) is 4.66. The number of aryl methyl sites for hydroxylation is 2. The van der Waals surface area contributed by atoms with Crippen molar-refractivity contribution in [2.24, 2.45) is 0 Å². The van der Waals surface area contributed by atoms with E-state index in [9.17, 15) is 4.79 Å². The first-order chi connectivity index (χ1) is 9.61. The highest BCUT2D eigenvalue weighted by Gasteiger charge is 2.15. The number of hydrogen-bond acceptors (Lipinski definition) is 2. The van der Waals surface area contributed by atoms with E-state index in [1.807, 2.05) is 38.1 Å². The minimum Gasteiger partial charge on any atom is -0.320 e. The molecular weight excluding hydrogens is 252 g/mol. The predicted octanol–water partition coefficient (Wildman–Crippen LogP) is 1.55. The molecule has 0 aliphatic heterocycles. The normalized spacial score (nSPS) is 10.1. The summed E-state index contributed by atoms with van der Waals surface area (Å²) in [4.78, 5) is 12.1. The van der Waals surface area contributed by atoms with Crippen LogP contribution in [-0.2, 0) is 17.9 Å². The van der Waals surface area contributed by atoms with Crippen LogP contribution in [0, 0.1) is 25.2 Å². The first-order valence-corrected chi connectivity index (χ1v) is 6.39. The fraction of sp³-hybridized carbons (Fsp3) is 0.267. The minimum atomic E-state index is -0.106. The number of rotatable bonds is 4. The Morgan fingerprint density at radius 3 is 2.70 bits per heavy atom. The predicted molar refractivity (Wildman–Crippen MR) is 74.8 cm³/mol. The number of para-hydroxylation sites is 1. The van der Waals surface area contributed by atoms with Crippen LogP contribution in [0.3, 0.4) is 0 Å². The molecule has 0 unspecified atom stereocenters. The van der Waals surface area contributed by atoms with Gasteiger partial charge < -0.3 is 5.32 Å². The number of carbonyl (C=O) groups is 1. The van der Waals surface area contributed by atoms with Gasteiger partial charge in [0.15, 0.2) is 12.7 Å². The summed E-state index contributed by atoms with van der Waals surface area (Å²) in [6.45, 7) is 4.34. The van der Waals surface area contributed by atoms with Gasteiger partial charge in [-0.15, -0.1) is 9.36 Å². The van der Waals surface area contributed by atoms with Gasteiger partial charge in [0.1, 0.15) is 0 Å². The van der Waals surface area contributed by atoms with Crippen molar-refractivity contribution in [3.63, 3.8) is 0 Å². The van der Waals surface area contributed by atoms with Gasteiger partial charge in [0.05, 0.1) is 12.3 Å². The third-order valence-corrected chi connectivity index (χ3v) is 3.13. The molecule has 0 fully saturated rings. The Hall–Kier alpha value is -2.61. The summed E-state index contributed by atoms with van der Waals surface area (Å²) in [7, 11) is 0. The van der Waals surface area contributed by atoms with Gasteiger partial charge in [0.2, 0.25) is 6.54 Å². The van der Waals surface area contributed by atoms with Crippen molar-refractivity contribution in [1.29, 1.82) is 5.26 Å². The molecule has 0 spiro atoms. The van der Waals surface area contributed by atoms with Crippen LogP contribution in [0.4, 0.5) is 5.69 Å². The lowest BCUT2D eigenvalue weighted by atomic mass is 10.1. The fourth-order valence-corrected chi connectivity index (χ4v) is 2.11. The summed E-state index contributed by atoms with van der Waals surface area (Å²) in [5.41, 5.74) is 2.93. The average Bonchev–Trinajstić information content (AvgIpc) is 2.82. The molecule has 1 heterocycles. The SMILES string of the molecule is Cc1cccc(C)c1NC(=O)C[n+]1cccn1CC#N. The van der Waals surface area contributed by atoms with E-state index < -0.39 is 0 Å². The molecule has 0 aliphatic rings. The van der Waals surface area contributed by atoms with Gasteiger partial charge in [-0.1, -0.05) is 18.2 Å². The van der Waals surface area contributed by atoms with Crippen molar-refractivity contribution >= 4 is 11.6 Å². The molecule has 0 aliphatic carbocycles. The summed E-state index contributed by atoms with van der Waals surface area (Å²) in [5.74, 6) is -0.106. The molecule has 1 N–H and O–H groups in total. The van der Waals surface area contributed by atoms with Gasteiger partial charge in [0, 0.05) is 11.8 Å². The Labute approximate surface area is 118 Å². The maximum Gasteiger partial charge on any atom is 0.292 e. The van der Waals surface area contributed by atoms with E-state index in [0.717, 1.165) is 16.8 Å². The van der Waals surface area contributed by atoms with Crippen LogP contribution in [0.5, 0.6) is 0 Å². The zero-order chi connectivity index (χ0) is 14.5. The number of anilines is 1. The monoisotopic (exact) mass is 269 g/mol. The van der Waals surface area contributed by atoms with Crippen molar-refractivity contribution in [3.05, 3.63) is 47.8 Å². The molecule has 0 saturated heterocycles. The zero-order valence-corrected chi connectivity index (χ0v) is 11.6. The maximum atomic E-state index is 12.1. The molecule has 0 bridgehead atoms. The van der Waals surface area contributed by atoms with E-state index >= 15 is 0 Å². The molecule has 1 amide bonds. The number of hydrogen-bond donors (Lipinski definition) is 1. The highest BCUT2D eigenvalue weighted by molar-refractivity contribution is 5.91. The zero-order valence-electron chi connectivity index (χ0n) is 11.6. The van der Waals surface area contributed by atoms with Gasteiger partial charge in [-0.25, -0.2) is 0 Å². The Kier molecular flexibility index (Phi) is 4.16. The van der Waals surface area contributed by atoms with Gasteiger partial charge in [0.25, 0.3) is 5.91 Å². The van der Waals surface area contributed by atoms with Crippen LogP contribution < -0.4 is 10.00 Å². The first kappa shape index (κ1) is 13.8. The Balaban J connectivity index is 2.10. The number of aromatic nitrogens is 2. The Morgan fingerprint density at radius 1 is 1.35 bits per heavy atom. The lowest BCUT2D eigenvalue weighted by molar-refractivity contribution is -0.763. The molecule has 2 rings (SSSR count). The standard InChI is InChI=1S/C15H16N4O/c1-12-5-3-6-13(2)15(12)17-14(20)11-19-9-4-8-18(19)10-7-16/h3-6,8-9H,10-11H2,1-2H3/p+1. The van der Waals surface area contributed by atoms with Crippen LogP contribution in [0.2, 0.25) is 0 Å². The van der Waals surface area contributed by atoms with E-state index in [2.05, 4.69) is 11.4 Å². The fourth-order valence-electron chi connectivity index (χ4n) is 2.11. The van der Waals surface area contributed by atoms with Gasteiger partial charge in [-0.05, 0) is 25.0 Å². The van der Waals surface area contributed by atoms with Crippen molar-refractivity contribution in [1.82, 2.24) is 4.68 Å². The van der Waals surface area contributed by atoms with Crippen molar-refractivity contribution in [2.45, 2.75) is 26.9 Å². The number of nitrogens with one attached hydrogen (secondary N) is 1. The average molecular weight is 269 g/mol. The number of carbonyl (C=O) groups excluding carboxylic acids is 1. The van der Waals surface area contributed by atoms with Crippen molar-refractivity contribution in [3.8, 4) is 6.07 Å². The van der Waals surface area contributed by atoms with Crippen molar-refractivity contribution < 1.29 is 9.48 Å². The lowest BCUT2D eigenvalue weighted by Crippen LogP contribution is -2.47. The number of nitriles is 1. The van der Waals surface area contributed by atoms with E-state index in [0.29, 0.717) is 0 Å². The highest BCUT2D eigenvalue weighted by Crippen LogP contribution is 2.19. The molecule has 0 saturated carbocycles. The van der Waals surface area contributed by atoms with Crippen LogP contribution in [0.25, 0.3) is 0 Å². The Morgan fingerprint density at radius 2 is 2.05 bits per heavy atom. The van der Waals surface area contributed by atoms with Crippen molar-refractivity contribution in [2.75, 3.05) is 5.32 Å². The molecule has 2 aromatic rings. The number of benzene rings is 1. The molecule has 102 valence electrons. The number of amides is 1. The summed E-state index contributed by atoms with van der Waals surface area (Å²) in [6.07, 6.45) is 3.55. The van der Waals surface area contributed by atoms with Gasteiger partial charge >= 0.3 is 0 Å². The summed E-state index contributed by atoms with van der Waals surface area (Å²) in [6, 6.07) is 9.77. The minimum absolute atomic E-state index is 0.106. The Bertz CT molecular complexity index is 647. The molecule has 0 radical (unpaired) electrons. The van der Waals surface area contributed by atoms with E-state index in [1.165, 1.54) is 0 Å². The third kappa shape index (κ3) is 3.04. The van der Waals surface area contributed by atoms with Crippen LogP contribution in [0.15, 0.2) is 36.7 Å². The van der Waals surface area contributed by atoms with Crippen LogP contribution in [0.1, 0.15) is 11.1 Å². The summed E-state index contributed by atoms with van der Waals surface area (Å²) in [5, 5.41) is 11.6. The molecular formula is C15H17N4O+. The number of nitrogens with zero attached hydrogens (tertiary/aromatic N) is 3. The molecule has 1 aromatic heterocycles. The first-order valence-electron chi connectivity index (χ1n) is 6.39. The van der Waals surface area contributed by atoms with E-state index in [4.69, 9.17) is 5.26 Å². The largest absolute Gasteiger partial charge is 0.320 e. The van der Waals surface area contributed by atoms with Crippen LogP contribution >= 0.6 is 0 Å².